The second-order valence-corrected chi connectivity index (χ2v) is 8.19. The number of aromatic nitrogens is 2. The predicted octanol–water partition coefficient (Wildman–Crippen LogP) is 3.55. The van der Waals surface area contributed by atoms with Gasteiger partial charge in [-0.15, -0.1) is 0 Å². The van der Waals surface area contributed by atoms with Crippen molar-refractivity contribution in [2.75, 3.05) is 12.8 Å². The largest absolute Gasteiger partial charge is 0.327 e. The molecule has 3 aromatic rings. The number of hydrogen-bond acceptors (Lipinski definition) is 5. The second-order valence-electron chi connectivity index (χ2n) is 7.25. The van der Waals surface area contributed by atoms with E-state index in [1.54, 1.807) is 37.6 Å². The second kappa shape index (κ2) is 8.10. The van der Waals surface area contributed by atoms with Crippen molar-refractivity contribution in [2.45, 2.75) is 31.5 Å². The first-order chi connectivity index (χ1) is 13.8. The van der Waals surface area contributed by atoms with Crippen LogP contribution in [0, 0.1) is 18.3 Å². The Labute approximate surface area is 173 Å². The molecule has 0 unspecified atom stereocenters. The maximum atomic E-state index is 13.3. The average molecular weight is 407 g/mol. The summed E-state index contributed by atoms with van der Waals surface area (Å²) in [6.07, 6.45) is 0. The molecule has 29 heavy (non-hydrogen) atoms. The first kappa shape index (κ1) is 20.6. The van der Waals surface area contributed by atoms with E-state index in [2.05, 4.69) is 11.1 Å². The lowest BCUT2D eigenvalue weighted by Crippen LogP contribution is -2.44. The van der Waals surface area contributed by atoms with Crippen LogP contribution in [0.5, 0.6) is 0 Å². The van der Waals surface area contributed by atoms with Crippen molar-refractivity contribution in [3.05, 3.63) is 64.4 Å². The summed E-state index contributed by atoms with van der Waals surface area (Å²) in [6.45, 7) is 5.31. The lowest BCUT2D eigenvalue weighted by Gasteiger charge is -2.29. The van der Waals surface area contributed by atoms with E-state index in [1.807, 2.05) is 43.3 Å². The maximum absolute atomic E-state index is 13.3. The molecule has 148 valence electrons. The van der Waals surface area contributed by atoms with E-state index < -0.39 is 5.54 Å². The number of carbonyl (C=O) groups is 1. The van der Waals surface area contributed by atoms with Gasteiger partial charge in [0.25, 0.3) is 5.56 Å². The predicted molar refractivity (Wildman–Crippen MR) is 115 cm³/mol. The summed E-state index contributed by atoms with van der Waals surface area (Å²) in [4.78, 5) is 32.0. The minimum absolute atomic E-state index is 0.0677. The van der Waals surface area contributed by atoms with Crippen LogP contribution in [0.3, 0.4) is 0 Å². The lowest BCUT2D eigenvalue weighted by molar-refractivity contribution is -0.130. The van der Waals surface area contributed by atoms with E-state index in [-0.39, 0.29) is 17.2 Å². The third kappa shape index (κ3) is 4.03. The molecule has 0 bridgehead atoms. The van der Waals surface area contributed by atoms with Gasteiger partial charge >= 0.3 is 0 Å². The number of carbonyl (C=O) groups excluding carboxylic acids is 1. The van der Waals surface area contributed by atoms with Crippen LogP contribution in [0.25, 0.3) is 16.6 Å². The van der Waals surface area contributed by atoms with Gasteiger partial charge in [-0.3, -0.25) is 14.2 Å². The van der Waals surface area contributed by atoms with E-state index in [0.29, 0.717) is 16.1 Å². The fourth-order valence-electron chi connectivity index (χ4n) is 2.85. The van der Waals surface area contributed by atoms with Gasteiger partial charge in [0.1, 0.15) is 5.54 Å². The first-order valence-corrected chi connectivity index (χ1v) is 10.1. The molecular weight excluding hydrogens is 384 g/mol. The van der Waals surface area contributed by atoms with Gasteiger partial charge < -0.3 is 4.90 Å². The summed E-state index contributed by atoms with van der Waals surface area (Å²) in [5, 5.41) is 10.2. The zero-order chi connectivity index (χ0) is 21.2. The van der Waals surface area contributed by atoms with E-state index in [0.717, 1.165) is 11.3 Å². The topological polar surface area (TPSA) is 79.0 Å². The van der Waals surface area contributed by atoms with E-state index >= 15 is 0 Å². The number of nitrogens with zero attached hydrogens (tertiary/aromatic N) is 4. The molecule has 3 rings (SSSR count). The molecule has 0 aliphatic rings. The number of hydrogen-bond donors (Lipinski definition) is 0. The van der Waals surface area contributed by atoms with Crippen LogP contribution in [0.1, 0.15) is 19.4 Å². The lowest BCUT2D eigenvalue weighted by atomic mass is 10.1. The number of rotatable bonds is 5. The Morgan fingerprint density at radius 1 is 1.21 bits per heavy atom. The van der Waals surface area contributed by atoms with Crippen molar-refractivity contribution in [1.29, 1.82) is 5.26 Å². The van der Waals surface area contributed by atoms with Gasteiger partial charge in [0.15, 0.2) is 5.16 Å². The average Bonchev–Trinajstić information content (AvgIpc) is 2.72. The van der Waals surface area contributed by atoms with Crippen LogP contribution < -0.4 is 5.56 Å². The molecule has 0 fully saturated rings. The molecule has 0 atom stereocenters. The summed E-state index contributed by atoms with van der Waals surface area (Å²) in [6, 6.07) is 16.9. The third-order valence-electron chi connectivity index (χ3n) is 4.91. The Morgan fingerprint density at radius 2 is 1.86 bits per heavy atom. The molecule has 0 N–H and O–H groups in total. The Hall–Kier alpha value is -3.11. The van der Waals surface area contributed by atoms with Crippen LogP contribution in [0.15, 0.2) is 58.5 Å². The summed E-state index contributed by atoms with van der Waals surface area (Å²) in [7, 11) is 1.61. The first-order valence-electron chi connectivity index (χ1n) is 9.15. The minimum atomic E-state index is -0.913. The zero-order valence-electron chi connectivity index (χ0n) is 16.8. The van der Waals surface area contributed by atoms with Crippen molar-refractivity contribution in [3.8, 4) is 11.8 Å². The van der Waals surface area contributed by atoms with Gasteiger partial charge in [-0.05, 0) is 44.5 Å². The number of para-hydroxylation sites is 2. The number of nitriles is 1. The highest BCUT2D eigenvalue weighted by molar-refractivity contribution is 7.99. The summed E-state index contributed by atoms with van der Waals surface area (Å²) < 4.78 is 1.56. The van der Waals surface area contributed by atoms with Crippen LogP contribution in [0.4, 0.5) is 0 Å². The highest BCUT2D eigenvalue weighted by Crippen LogP contribution is 2.24. The SMILES string of the molecule is Cc1ccccc1-n1c(SCC(=O)N(C)C(C)(C)C#N)nc2ccccc2c1=O. The minimum Gasteiger partial charge on any atom is -0.327 e. The molecule has 0 spiro atoms. The van der Waals surface area contributed by atoms with Gasteiger partial charge in [-0.1, -0.05) is 42.1 Å². The van der Waals surface area contributed by atoms with Gasteiger partial charge in [-0.2, -0.15) is 5.26 Å². The molecule has 7 heteroatoms. The summed E-state index contributed by atoms with van der Waals surface area (Å²) in [5.41, 5.74) is 1.16. The number of fused-ring (bicyclic) bond motifs is 1. The molecular formula is C22H22N4O2S. The summed E-state index contributed by atoms with van der Waals surface area (Å²) in [5.74, 6) is -0.140. The highest BCUT2D eigenvalue weighted by atomic mass is 32.2. The molecule has 1 amide bonds. The number of thioether (sulfide) groups is 1. The van der Waals surface area contributed by atoms with Crippen molar-refractivity contribution < 1.29 is 4.79 Å². The quantitative estimate of drug-likeness (QED) is 0.478. The van der Waals surface area contributed by atoms with E-state index in [1.165, 1.54) is 16.7 Å². The molecule has 1 heterocycles. The van der Waals surface area contributed by atoms with Gasteiger partial charge in [0.2, 0.25) is 5.91 Å². The van der Waals surface area contributed by atoms with Gasteiger partial charge in [0.05, 0.1) is 28.4 Å². The Balaban J connectivity index is 2.07. The van der Waals surface area contributed by atoms with Crippen LogP contribution >= 0.6 is 11.8 Å². The van der Waals surface area contributed by atoms with Crippen molar-refractivity contribution in [1.82, 2.24) is 14.5 Å². The number of benzene rings is 2. The molecule has 6 nitrogen and oxygen atoms in total. The molecule has 0 radical (unpaired) electrons. The normalized spacial score (nSPS) is 11.3. The molecule has 2 aromatic carbocycles. The fourth-order valence-corrected chi connectivity index (χ4v) is 3.77. The number of aryl methyl sites for hydroxylation is 1. The monoisotopic (exact) mass is 406 g/mol. The standard InChI is InChI=1S/C22H22N4O2S/c1-15-9-5-8-12-18(15)26-20(28)16-10-6-7-11-17(16)24-21(26)29-13-19(27)25(4)22(2,3)14-23/h5-12H,13H2,1-4H3. The molecule has 0 aliphatic heterocycles. The van der Waals surface area contributed by atoms with Gasteiger partial charge in [-0.25, -0.2) is 4.98 Å². The molecule has 0 aliphatic carbocycles. The maximum Gasteiger partial charge on any atom is 0.266 e. The van der Waals surface area contributed by atoms with Crippen LogP contribution in [-0.2, 0) is 4.79 Å². The Morgan fingerprint density at radius 3 is 2.55 bits per heavy atom. The van der Waals surface area contributed by atoms with Crippen LogP contribution in [-0.4, -0.2) is 38.7 Å². The molecule has 0 saturated carbocycles. The summed E-state index contributed by atoms with van der Waals surface area (Å²) >= 11 is 1.19. The van der Waals surface area contributed by atoms with E-state index in [9.17, 15) is 14.9 Å². The van der Waals surface area contributed by atoms with Crippen LogP contribution in [0.2, 0.25) is 0 Å². The van der Waals surface area contributed by atoms with Crippen molar-refractivity contribution in [2.24, 2.45) is 0 Å². The highest BCUT2D eigenvalue weighted by Gasteiger charge is 2.27. The van der Waals surface area contributed by atoms with Gasteiger partial charge in [0, 0.05) is 7.05 Å². The smallest absolute Gasteiger partial charge is 0.266 e. The molecule has 0 saturated heterocycles. The van der Waals surface area contributed by atoms with Crippen molar-refractivity contribution in [3.63, 3.8) is 0 Å². The zero-order valence-corrected chi connectivity index (χ0v) is 17.7. The molecule has 1 aromatic heterocycles. The van der Waals surface area contributed by atoms with Crippen molar-refractivity contribution >= 4 is 28.6 Å². The number of amides is 1. The Kier molecular flexibility index (Phi) is 5.76. The fraction of sp³-hybridized carbons (Fsp3) is 0.273. The Bertz CT molecular complexity index is 1180. The third-order valence-corrected chi connectivity index (χ3v) is 5.84. The van der Waals surface area contributed by atoms with E-state index in [4.69, 9.17) is 0 Å².